The molecule has 0 bridgehead atoms. The Morgan fingerprint density at radius 3 is 2.45 bits per heavy atom. The average Bonchev–Trinajstić information content (AvgIpc) is 2.64. The summed E-state index contributed by atoms with van der Waals surface area (Å²) in [5.41, 5.74) is 0.211. The number of aliphatic carboxylic acids is 1. The molecule has 1 aliphatic carbocycles. The molecule has 4 atom stereocenters. The number of allylic oxidation sites excluding steroid dienone is 4. The van der Waals surface area contributed by atoms with Gasteiger partial charge in [0.2, 0.25) is 0 Å². The number of Topliss-reactive ketones (excluding diaryl/α,β-unsaturated/α-hetero) is 1. The fourth-order valence-corrected chi connectivity index (χ4v) is 3.17. The van der Waals surface area contributed by atoms with Crippen molar-refractivity contribution in [2.75, 3.05) is 6.61 Å². The minimum absolute atomic E-state index is 0.0366. The van der Waals surface area contributed by atoms with Crippen LogP contribution in [0.4, 0.5) is 0 Å². The monoisotopic (exact) mass is 410 g/mol. The molecule has 0 amide bonds. The number of ketones is 1. The molecular formula is C21H30O8. The average molecular weight is 410 g/mol. The number of rotatable bonds is 10. The summed E-state index contributed by atoms with van der Waals surface area (Å²) in [5, 5.41) is 39.0. The molecule has 8 heteroatoms. The highest BCUT2D eigenvalue weighted by molar-refractivity contribution is 6.02. The Balaban J connectivity index is 2.87. The van der Waals surface area contributed by atoms with Crippen LogP contribution in [0, 0.1) is 5.92 Å². The molecule has 0 aliphatic heterocycles. The van der Waals surface area contributed by atoms with Gasteiger partial charge in [0.1, 0.15) is 6.10 Å². The second-order valence-electron chi connectivity index (χ2n) is 7.18. The molecule has 0 radical (unpaired) electrons. The number of unbranched alkanes of at least 4 members (excludes halogenated alkanes) is 1. The summed E-state index contributed by atoms with van der Waals surface area (Å²) in [6.45, 7) is 3.93. The van der Waals surface area contributed by atoms with E-state index < -0.39 is 36.5 Å². The maximum absolute atomic E-state index is 12.8. The summed E-state index contributed by atoms with van der Waals surface area (Å²) in [6.07, 6.45) is 3.42. The van der Waals surface area contributed by atoms with Gasteiger partial charge in [0.05, 0.1) is 24.7 Å². The maximum Gasteiger partial charge on any atom is 0.330 e. The van der Waals surface area contributed by atoms with Crippen molar-refractivity contribution in [1.29, 1.82) is 0 Å². The molecule has 29 heavy (non-hydrogen) atoms. The standard InChI is InChI=1S/C21H30O8/c1-12(21(27)28)9-10-16-18(24)15(17(11-22)20(26)19(16)25)8-6-4-5-7-13(2)29-14(3)23/h6,8-9,13,16,19-20,22,25-26H,4-5,7,10-11H2,1-3H3,(H,27,28)/b8-6+,12-9+/t13-,16+,19+,20-/m1/s1. The third kappa shape index (κ3) is 7.23. The summed E-state index contributed by atoms with van der Waals surface area (Å²) < 4.78 is 5.03. The van der Waals surface area contributed by atoms with Crippen molar-refractivity contribution in [3.8, 4) is 0 Å². The van der Waals surface area contributed by atoms with Crippen LogP contribution >= 0.6 is 0 Å². The van der Waals surface area contributed by atoms with E-state index in [2.05, 4.69) is 0 Å². The zero-order valence-corrected chi connectivity index (χ0v) is 17.0. The molecule has 0 spiro atoms. The minimum Gasteiger partial charge on any atom is -0.478 e. The Hall–Kier alpha value is -2.29. The first-order valence-corrected chi connectivity index (χ1v) is 9.58. The van der Waals surface area contributed by atoms with Crippen molar-refractivity contribution in [1.82, 2.24) is 0 Å². The van der Waals surface area contributed by atoms with Crippen LogP contribution in [-0.4, -0.2) is 63.1 Å². The first-order valence-electron chi connectivity index (χ1n) is 9.58. The van der Waals surface area contributed by atoms with E-state index >= 15 is 0 Å². The van der Waals surface area contributed by atoms with Crippen LogP contribution in [0.15, 0.2) is 34.9 Å². The van der Waals surface area contributed by atoms with Gasteiger partial charge in [-0.3, -0.25) is 9.59 Å². The lowest BCUT2D eigenvalue weighted by Gasteiger charge is -2.33. The molecule has 0 saturated carbocycles. The molecule has 0 heterocycles. The summed E-state index contributed by atoms with van der Waals surface area (Å²) in [5.74, 6) is -2.92. The van der Waals surface area contributed by atoms with Crippen LogP contribution in [0.5, 0.6) is 0 Å². The quantitative estimate of drug-likeness (QED) is 0.240. The van der Waals surface area contributed by atoms with Gasteiger partial charge in [-0.2, -0.15) is 0 Å². The fraction of sp³-hybridized carbons (Fsp3) is 0.571. The van der Waals surface area contributed by atoms with Crippen molar-refractivity contribution < 1.29 is 39.5 Å². The molecule has 0 saturated heterocycles. The maximum atomic E-state index is 12.8. The highest BCUT2D eigenvalue weighted by atomic mass is 16.5. The van der Waals surface area contributed by atoms with E-state index in [-0.39, 0.29) is 35.2 Å². The van der Waals surface area contributed by atoms with Crippen LogP contribution in [-0.2, 0) is 19.1 Å². The second-order valence-corrected chi connectivity index (χ2v) is 7.18. The van der Waals surface area contributed by atoms with Gasteiger partial charge in [-0.1, -0.05) is 18.2 Å². The van der Waals surface area contributed by atoms with E-state index in [1.165, 1.54) is 26.0 Å². The van der Waals surface area contributed by atoms with Crippen LogP contribution in [0.3, 0.4) is 0 Å². The van der Waals surface area contributed by atoms with Crippen LogP contribution < -0.4 is 0 Å². The van der Waals surface area contributed by atoms with E-state index in [1.807, 2.05) is 0 Å². The van der Waals surface area contributed by atoms with Gasteiger partial charge in [0, 0.05) is 18.1 Å². The van der Waals surface area contributed by atoms with E-state index in [4.69, 9.17) is 9.84 Å². The molecule has 8 nitrogen and oxygen atoms in total. The molecule has 0 aromatic carbocycles. The largest absolute Gasteiger partial charge is 0.478 e. The van der Waals surface area contributed by atoms with Crippen molar-refractivity contribution in [2.45, 2.75) is 64.8 Å². The second kappa shape index (κ2) is 11.6. The number of carbonyl (C=O) groups is 3. The predicted octanol–water partition coefficient (Wildman–Crippen LogP) is 1.30. The Kier molecular flexibility index (Phi) is 9.94. The third-order valence-electron chi connectivity index (χ3n) is 4.86. The zero-order valence-electron chi connectivity index (χ0n) is 17.0. The van der Waals surface area contributed by atoms with Gasteiger partial charge in [0.25, 0.3) is 0 Å². The topological polar surface area (TPSA) is 141 Å². The van der Waals surface area contributed by atoms with Crippen molar-refractivity contribution in [3.05, 3.63) is 34.9 Å². The number of hydrogen-bond acceptors (Lipinski definition) is 7. The molecule has 162 valence electrons. The number of aliphatic hydroxyl groups excluding tert-OH is 3. The zero-order chi connectivity index (χ0) is 22.1. The van der Waals surface area contributed by atoms with E-state index in [0.29, 0.717) is 19.3 Å². The SMILES string of the molecule is CC(=O)O[C@H](C)CCC/C=C/C1=C(CO)[C@@H](O)[C@@H](O)[C@@H](C/C=C(\C)C(=O)O)C1=O. The summed E-state index contributed by atoms with van der Waals surface area (Å²) in [6, 6.07) is 0. The van der Waals surface area contributed by atoms with Crippen molar-refractivity contribution in [3.63, 3.8) is 0 Å². The Morgan fingerprint density at radius 2 is 1.90 bits per heavy atom. The Bertz CT molecular complexity index is 703. The number of aliphatic hydroxyl groups is 3. The van der Waals surface area contributed by atoms with Crippen LogP contribution in [0.25, 0.3) is 0 Å². The Labute approximate surface area is 170 Å². The normalized spacial score (nSPS) is 24.1. The Morgan fingerprint density at radius 1 is 1.24 bits per heavy atom. The molecule has 0 aromatic rings. The molecule has 0 aromatic heterocycles. The van der Waals surface area contributed by atoms with Gasteiger partial charge in [-0.05, 0) is 45.1 Å². The first kappa shape index (κ1) is 24.7. The smallest absolute Gasteiger partial charge is 0.330 e. The third-order valence-corrected chi connectivity index (χ3v) is 4.86. The highest BCUT2D eigenvalue weighted by Crippen LogP contribution is 2.31. The number of carboxylic acid groups (broad SMARTS) is 1. The van der Waals surface area contributed by atoms with Gasteiger partial charge < -0.3 is 25.2 Å². The molecular weight excluding hydrogens is 380 g/mol. The highest BCUT2D eigenvalue weighted by Gasteiger charge is 2.40. The molecule has 0 unspecified atom stereocenters. The van der Waals surface area contributed by atoms with E-state index in [1.54, 1.807) is 13.0 Å². The lowest BCUT2D eigenvalue weighted by molar-refractivity contribution is -0.145. The number of hydrogen-bond donors (Lipinski definition) is 4. The lowest BCUT2D eigenvalue weighted by atomic mass is 9.77. The van der Waals surface area contributed by atoms with Crippen molar-refractivity contribution in [2.24, 2.45) is 5.92 Å². The van der Waals surface area contributed by atoms with Gasteiger partial charge in [0.15, 0.2) is 5.78 Å². The van der Waals surface area contributed by atoms with Crippen LogP contribution in [0.2, 0.25) is 0 Å². The molecule has 4 N–H and O–H groups in total. The minimum atomic E-state index is -1.43. The van der Waals surface area contributed by atoms with Gasteiger partial charge in [-0.15, -0.1) is 0 Å². The van der Waals surface area contributed by atoms with E-state index in [0.717, 1.165) is 0 Å². The first-order chi connectivity index (χ1) is 13.6. The molecule has 1 rings (SSSR count). The number of carboxylic acids is 1. The summed E-state index contributed by atoms with van der Waals surface area (Å²) in [4.78, 5) is 34.6. The van der Waals surface area contributed by atoms with Gasteiger partial charge >= 0.3 is 11.9 Å². The fourth-order valence-electron chi connectivity index (χ4n) is 3.17. The van der Waals surface area contributed by atoms with E-state index in [9.17, 15) is 29.7 Å². The number of esters is 1. The molecule has 1 aliphatic rings. The van der Waals surface area contributed by atoms with Gasteiger partial charge in [-0.25, -0.2) is 4.79 Å². The number of ether oxygens (including phenoxy) is 1. The summed E-state index contributed by atoms with van der Waals surface area (Å²) in [7, 11) is 0. The predicted molar refractivity (Wildman–Crippen MR) is 105 cm³/mol. The van der Waals surface area contributed by atoms with Crippen LogP contribution in [0.1, 0.15) is 46.5 Å². The summed E-state index contributed by atoms with van der Waals surface area (Å²) >= 11 is 0. The number of carbonyl (C=O) groups excluding carboxylic acids is 2. The molecule has 0 fully saturated rings. The van der Waals surface area contributed by atoms with Crippen molar-refractivity contribution >= 4 is 17.7 Å². The lowest BCUT2D eigenvalue weighted by Crippen LogP contribution is -2.45.